The molecule has 0 bridgehead atoms. The number of benzene rings is 2. The first-order valence-electron chi connectivity index (χ1n) is 8.87. The van der Waals surface area contributed by atoms with E-state index in [0.29, 0.717) is 6.54 Å². The smallest absolute Gasteiger partial charge is 0.295 e. The summed E-state index contributed by atoms with van der Waals surface area (Å²) in [5, 5.41) is 13.0. The van der Waals surface area contributed by atoms with Gasteiger partial charge in [-0.25, -0.2) is 8.78 Å². The molecule has 0 spiro atoms. The number of carbonyl (C=O) groups excluding carboxylic acids is 2. The molecule has 2 aromatic carbocycles. The molecule has 1 fully saturated rings. The Balaban J connectivity index is 2.16. The van der Waals surface area contributed by atoms with Crippen molar-refractivity contribution in [2.24, 2.45) is 0 Å². The molecular weight excluding hydrogens is 366 g/mol. The summed E-state index contributed by atoms with van der Waals surface area (Å²) in [6, 6.07) is 9.32. The molecule has 2 aromatic rings. The molecule has 1 atom stereocenters. The molecular formula is C21H20F2N2O3. The molecule has 28 heavy (non-hydrogen) atoms. The van der Waals surface area contributed by atoms with Crippen molar-refractivity contribution in [3.63, 3.8) is 0 Å². The summed E-state index contributed by atoms with van der Waals surface area (Å²) >= 11 is 0. The predicted molar refractivity (Wildman–Crippen MR) is 96.9 cm³/mol. The minimum Gasteiger partial charge on any atom is -0.872 e. The van der Waals surface area contributed by atoms with Gasteiger partial charge in [-0.1, -0.05) is 36.1 Å². The highest BCUT2D eigenvalue weighted by Crippen LogP contribution is 2.39. The van der Waals surface area contributed by atoms with Crippen LogP contribution in [-0.2, 0) is 9.59 Å². The van der Waals surface area contributed by atoms with Gasteiger partial charge in [0, 0.05) is 11.1 Å². The lowest BCUT2D eigenvalue weighted by atomic mass is 9.95. The number of carbonyl (C=O) groups is 2. The Morgan fingerprint density at radius 2 is 1.71 bits per heavy atom. The van der Waals surface area contributed by atoms with Crippen LogP contribution in [0.2, 0.25) is 0 Å². The molecule has 146 valence electrons. The van der Waals surface area contributed by atoms with Crippen molar-refractivity contribution in [1.29, 1.82) is 0 Å². The van der Waals surface area contributed by atoms with Crippen molar-refractivity contribution in [2.45, 2.75) is 6.04 Å². The first kappa shape index (κ1) is 19.7. The maximum absolute atomic E-state index is 14.5. The van der Waals surface area contributed by atoms with Gasteiger partial charge in [0.2, 0.25) is 5.78 Å². The number of hydrogen-bond donors (Lipinski definition) is 1. The summed E-state index contributed by atoms with van der Waals surface area (Å²) < 4.78 is 27.7. The average Bonchev–Trinajstić information content (AvgIpc) is 2.91. The fourth-order valence-corrected chi connectivity index (χ4v) is 3.22. The van der Waals surface area contributed by atoms with Crippen LogP contribution < -0.4 is 10.0 Å². The summed E-state index contributed by atoms with van der Waals surface area (Å²) in [5.74, 6) is -3.62. The van der Waals surface area contributed by atoms with Crippen molar-refractivity contribution in [2.75, 3.05) is 27.2 Å². The number of likely N-dealkylation sites (tertiary alicyclic amines) is 1. The van der Waals surface area contributed by atoms with Gasteiger partial charge in [-0.15, -0.1) is 0 Å². The molecule has 0 radical (unpaired) electrons. The Morgan fingerprint density at radius 3 is 2.32 bits per heavy atom. The van der Waals surface area contributed by atoms with Gasteiger partial charge >= 0.3 is 0 Å². The number of hydrogen-bond acceptors (Lipinski definition) is 3. The number of likely N-dealkylation sites (N-methyl/N-ethyl adjacent to an activating group) is 1. The van der Waals surface area contributed by atoms with Crippen LogP contribution in [0.25, 0.3) is 5.76 Å². The van der Waals surface area contributed by atoms with E-state index in [4.69, 9.17) is 0 Å². The average molecular weight is 386 g/mol. The lowest BCUT2D eigenvalue weighted by Gasteiger charge is -2.28. The second-order valence-electron chi connectivity index (χ2n) is 6.96. The summed E-state index contributed by atoms with van der Waals surface area (Å²) in [4.78, 5) is 27.6. The summed E-state index contributed by atoms with van der Waals surface area (Å²) in [5.41, 5.74) is -0.157. The van der Waals surface area contributed by atoms with Crippen LogP contribution in [0.1, 0.15) is 17.2 Å². The van der Waals surface area contributed by atoms with E-state index in [2.05, 4.69) is 0 Å². The zero-order valence-corrected chi connectivity index (χ0v) is 15.5. The molecule has 3 rings (SSSR count). The lowest BCUT2D eigenvalue weighted by Crippen LogP contribution is -3.06. The van der Waals surface area contributed by atoms with Crippen molar-refractivity contribution in [1.82, 2.24) is 4.90 Å². The van der Waals surface area contributed by atoms with Gasteiger partial charge in [0.15, 0.2) is 0 Å². The molecule has 1 unspecified atom stereocenters. The number of nitrogens with zero attached hydrogens (tertiary/aromatic N) is 1. The monoisotopic (exact) mass is 386 g/mol. The zero-order chi connectivity index (χ0) is 20.4. The van der Waals surface area contributed by atoms with Crippen LogP contribution in [0.4, 0.5) is 8.78 Å². The number of nitrogens with one attached hydrogen (secondary N) is 1. The van der Waals surface area contributed by atoms with E-state index >= 15 is 0 Å². The first-order chi connectivity index (χ1) is 13.3. The maximum Gasteiger partial charge on any atom is 0.295 e. The second kappa shape index (κ2) is 7.90. The van der Waals surface area contributed by atoms with E-state index in [0.717, 1.165) is 17.0 Å². The molecule has 1 N–H and O–H groups in total. The minimum atomic E-state index is -1.11. The van der Waals surface area contributed by atoms with Gasteiger partial charge in [0.05, 0.1) is 33.2 Å². The maximum atomic E-state index is 14.5. The molecule has 7 heteroatoms. The number of rotatable bonds is 5. The molecule has 1 aliphatic heterocycles. The van der Waals surface area contributed by atoms with Crippen molar-refractivity contribution in [3.8, 4) is 0 Å². The number of amides is 1. The van der Waals surface area contributed by atoms with Crippen molar-refractivity contribution >= 4 is 17.4 Å². The Labute approximate surface area is 161 Å². The van der Waals surface area contributed by atoms with Gasteiger partial charge in [-0.2, -0.15) is 0 Å². The van der Waals surface area contributed by atoms with Crippen LogP contribution in [0.5, 0.6) is 0 Å². The third kappa shape index (κ3) is 3.66. The fraction of sp³-hybridized carbons (Fsp3) is 0.238. The summed E-state index contributed by atoms with van der Waals surface area (Å²) in [6.07, 6.45) is 0. The standard InChI is InChI=1S/C21H20F2N2O3/c1-24(2)11-12-25-18(15-5-3-4-6-16(15)23)17(20(27)21(25)28)19(26)13-7-9-14(22)10-8-13/h3-10,18,26H,11-12H2,1-2H3. The number of halogens is 2. The fourth-order valence-electron chi connectivity index (χ4n) is 3.22. The number of quaternary nitrogens is 1. The van der Waals surface area contributed by atoms with E-state index in [1.165, 1.54) is 35.2 Å². The second-order valence-corrected chi connectivity index (χ2v) is 6.96. The lowest BCUT2D eigenvalue weighted by molar-refractivity contribution is -0.857. The topological polar surface area (TPSA) is 64.9 Å². The Morgan fingerprint density at radius 1 is 1.07 bits per heavy atom. The third-order valence-corrected chi connectivity index (χ3v) is 4.69. The highest BCUT2D eigenvalue weighted by Gasteiger charge is 2.45. The van der Waals surface area contributed by atoms with Gasteiger partial charge < -0.3 is 14.9 Å². The molecule has 1 saturated heterocycles. The Bertz CT molecular complexity index is 939. The normalized spacial score (nSPS) is 18.9. The van der Waals surface area contributed by atoms with Crippen LogP contribution >= 0.6 is 0 Å². The number of ketones is 1. The van der Waals surface area contributed by atoms with Crippen LogP contribution in [0, 0.1) is 11.6 Å². The molecule has 5 nitrogen and oxygen atoms in total. The van der Waals surface area contributed by atoms with E-state index in [1.54, 1.807) is 6.07 Å². The first-order valence-corrected chi connectivity index (χ1v) is 8.87. The van der Waals surface area contributed by atoms with Crippen LogP contribution in [0.3, 0.4) is 0 Å². The van der Waals surface area contributed by atoms with Gasteiger partial charge in [0.1, 0.15) is 11.6 Å². The van der Waals surface area contributed by atoms with Crippen molar-refractivity contribution < 1.29 is 28.4 Å². The van der Waals surface area contributed by atoms with E-state index in [1.807, 2.05) is 14.1 Å². The summed E-state index contributed by atoms with van der Waals surface area (Å²) in [6.45, 7) is 0.702. The third-order valence-electron chi connectivity index (χ3n) is 4.69. The minimum absolute atomic E-state index is 0.0685. The molecule has 1 amide bonds. The van der Waals surface area contributed by atoms with Gasteiger partial charge in [-0.3, -0.25) is 9.59 Å². The SMILES string of the molecule is C[NH+](C)CCN1C(=O)C(=O)C(=C([O-])c2ccc(F)cc2)C1c1ccccc1F. The zero-order valence-electron chi connectivity index (χ0n) is 15.5. The molecule has 1 heterocycles. The van der Waals surface area contributed by atoms with Crippen LogP contribution in [0.15, 0.2) is 54.1 Å². The molecule has 1 aliphatic rings. The summed E-state index contributed by atoms with van der Waals surface area (Å²) in [7, 11) is 3.77. The quantitative estimate of drug-likeness (QED) is 0.458. The van der Waals surface area contributed by atoms with Gasteiger partial charge in [0.25, 0.3) is 5.91 Å². The Kier molecular flexibility index (Phi) is 5.56. The molecule has 0 aliphatic carbocycles. The highest BCUT2D eigenvalue weighted by atomic mass is 19.1. The van der Waals surface area contributed by atoms with E-state index in [-0.39, 0.29) is 23.2 Å². The van der Waals surface area contributed by atoms with Gasteiger partial charge in [-0.05, 0) is 23.8 Å². The molecule has 0 aromatic heterocycles. The molecule has 0 saturated carbocycles. The van der Waals surface area contributed by atoms with Crippen LogP contribution in [-0.4, -0.2) is 43.8 Å². The van der Waals surface area contributed by atoms with E-state index < -0.39 is 35.1 Å². The largest absolute Gasteiger partial charge is 0.872 e. The Hall–Kier alpha value is -3.06. The highest BCUT2D eigenvalue weighted by molar-refractivity contribution is 6.46. The number of Topliss-reactive ketones (excluding diaryl/α,β-unsaturated/α-hetero) is 1. The van der Waals surface area contributed by atoms with Crippen molar-refractivity contribution in [3.05, 3.63) is 76.9 Å². The predicted octanol–water partition coefficient (Wildman–Crippen LogP) is 0.333. The van der Waals surface area contributed by atoms with E-state index in [9.17, 15) is 23.5 Å².